The Balaban J connectivity index is 1.90. The number of hydrogen-bond acceptors (Lipinski definition) is 6. The number of unbranched alkanes of at least 4 members (excludes halogenated alkanes) is 4. The zero-order valence-corrected chi connectivity index (χ0v) is 19.9. The number of nitrogens with one attached hydrogen (secondary N) is 1. The van der Waals surface area contributed by atoms with Crippen LogP contribution in [-0.2, 0) is 19.6 Å². The predicted octanol–water partition coefficient (Wildman–Crippen LogP) is 4.19. The van der Waals surface area contributed by atoms with Gasteiger partial charge in [0.2, 0.25) is 10.0 Å². The summed E-state index contributed by atoms with van der Waals surface area (Å²) >= 11 is 0. The molecule has 0 aliphatic rings. The van der Waals surface area contributed by atoms with Crippen molar-refractivity contribution in [1.82, 2.24) is 0 Å². The highest BCUT2D eigenvalue weighted by molar-refractivity contribution is 7.89. The van der Waals surface area contributed by atoms with Crippen molar-refractivity contribution in [3.63, 3.8) is 0 Å². The number of Topliss-reactive ketones (excluding diaryl/α,β-unsaturated/α-hetero) is 1. The van der Waals surface area contributed by atoms with E-state index in [0.717, 1.165) is 19.3 Å². The quantitative estimate of drug-likeness (QED) is 0.249. The van der Waals surface area contributed by atoms with Crippen LogP contribution in [-0.4, -0.2) is 26.7 Å². The molecule has 8 nitrogen and oxygen atoms in total. The summed E-state index contributed by atoms with van der Waals surface area (Å²) in [5, 5.41) is 17.0. The number of rotatable bonds is 13. The number of carbonyl (C=O) groups excluding carboxylic acids is 2. The Morgan fingerprint density at radius 2 is 1.68 bits per heavy atom. The van der Waals surface area contributed by atoms with E-state index in [1.54, 1.807) is 24.3 Å². The summed E-state index contributed by atoms with van der Waals surface area (Å²) in [6.45, 7) is 2.16. The van der Waals surface area contributed by atoms with Gasteiger partial charge in [0, 0.05) is 12.1 Å². The highest BCUT2D eigenvalue weighted by Crippen LogP contribution is 2.17. The molecule has 2 aromatic rings. The molecule has 0 heterocycles. The molecule has 3 N–H and O–H groups in total. The Labute approximate surface area is 200 Å². The average molecular weight is 484 g/mol. The van der Waals surface area contributed by atoms with Crippen molar-refractivity contribution in [3.05, 3.63) is 59.7 Å². The smallest absolute Gasteiger partial charge is 0.266 e. The number of ether oxygens (including phenoxy) is 1. The zero-order chi connectivity index (χ0) is 25.0. The van der Waals surface area contributed by atoms with Crippen molar-refractivity contribution >= 4 is 33.5 Å². The van der Waals surface area contributed by atoms with Gasteiger partial charge >= 0.3 is 0 Å². The second-order valence-electron chi connectivity index (χ2n) is 7.75. The van der Waals surface area contributed by atoms with Crippen LogP contribution >= 0.6 is 0 Å². The van der Waals surface area contributed by atoms with Crippen LogP contribution in [0.1, 0.15) is 51.0 Å². The molecule has 1 amide bonds. The first-order valence-electron chi connectivity index (χ1n) is 11.0. The molecule has 0 fully saturated rings. The Morgan fingerprint density at radius 3 is 2.26 bits per heavy atom. The molecule has 0 radical (unpaired) electrons. The lowest BCUT2D eigenvalue weighted by Crippen LogP contribution is -2.14. The van der Waals surface area contributed by atoms with Gasteiger partial charge in [-0.05, 0) is 54.5 Å². The summed E-state index contributed by atoms with van der Waals surface area (Å²) in [5.41, 5.74) is 0.783. The number of hydrogen-bond donors (Lipinski definition) is 2. The highest BCUT2D eigenvalue weighted by Gasteiger charge is 2.12. The second kappa shape index (κ2) is 13.3. The second-order valence-corrected chi connectivity index (χ2v) is 9.32. The maximum absolute atomic E-state index is 12.4. The van der Waals surface area contributed by atoms with E-state index in [0.29, 0.717) is 23.4 Å². The van der Waals surface area contributed by atoms with Crippen LogP contribution in [0.4, 0.5) is 5.69 Å². The third kappa shape index (κ3) is 9.17. The number of nitrogens with two attached hydrogens (primary N) is 1. The number of nitriles is 1. The van der Waals surface area contributed by atoms with E-state index in [9.17, 15) is 23.3 Å². The number of anilines is 1. The lowest BCUT2D eigenvalue weighted by molar-refractivity contribution is -0.121. The maximum Gasteiger partial charge on any atom is 0.266 e. The van der Waals surface area contributed by atoms with Gasteiger partial charge in [-0.3, -0.25) is 9.59 Å². The minimum Gasteiger partial charge on any atom is -0.486 e. The molecule has 34 heavy (non-hydrogen) atoms. The monoisotopic (exact) mass is 483 g/mol. The fourth-order valence-electron chi connectivity index (χ4n) is 3.06. The first-order chi connectivity index (χ1) is 16.2. The van der Waals surface area contributed by atoms with Gasteiger partial charge in [-0.15, -0.1) is 0 Å². The van der Waals surface area contributed by atoms with Gasteiger partial charge in [0.05, 0.1) is 4.90 Å². The molecule has 0 unspecified atom stereocenters. The minimum absolute atomic E-state index is 0.0130. The van der Waals surface area contributed by atoms with Gasteiger partial charge < -0.3 is 10.1 Å². The standard InChI is InChI=1S/C25H29N3O5S/c1-2-3-4-5-6-7-22(29)18-33-23-12-8-19(9-13-23)16-20(17-26)25(30)28-21-10-14-24(15-11-21)34(27,31)32/h8-16H,2-7,18H2,1H3,(H,28,30)(H2,27,31,32)/b20-16+. The fraction of sp³-hybridized carbons (Fsp3) is 0.320. The summed E-state index contributed by atoms with van der Waals surface area (Å²) in [5.74, 6) is -0.0638. The third-order valence-corrected chi connectivity index (χ3v) is 5.89. The van der Waals surface area contributed by atoms with Crippen LogP contribution in [0.25, 0.3) is 6.08 Å². The first-order valence-corrected chi connectivity index (χ1v) is 12.6. The molecule has 0 saturated carbocycles. The molecule has 0 atom stereocenters. The topological polar surface area (TPSA) is 139 Å². The molecule has 2 aromatic carbocycles. The fourth-order valence-corrected chi connectivity index (χ4v) is 3.58. The van der Waals surface area contributed by atoms with Crippen molar-refractivity contribution in [1.29, 1.82) is 5.26 Å². The molecule has 0 spiro atoms. The van der Waals surface area contributed by atoms with Crippen molar-refractivity contribution in [2.75, 3.05) is 11.9 Å². The molecule has 2 rings (SSSR count). The number of primary sulfonamides is 1. The van der Waals surface area contributed by atoms with E-state index in [1.807, 2.05) is 6.07 Å². The largest absolute Gasteiger partial charge is 0.486 e. The van der Waals surface area contributed by atoms with E-state index in [4.69, 9.17) is 9.88 Å². The lowest BCUT2D eigenvalue weighted by atomic mass is 10.1. The number of ketones is 1. The molecule has 0 aliphatic heterocycles. The molecule has 0 aliphatic carbocycles. The normalized spacial score (nSPS) is 11.5. The molecule has 0 bridgehead atoms. The SMILES string of the molecule is CCCCCCCC(=O)COc1ccc(/C=C(\C#N)C(=O)Nc2ccc(S(N)(=O)=O)cc2)cc1. The van der Waals surface area contributed by atoms with E-state index in [2.05, 4.69) is 12.2 Å². The Bertz CT molecular complexity index is 1150. The van der Waals surface area contributed by atoms with Gasteiger partial charge in [-0.1, -0.05) is 44.7 Å². The highest BCUT2D eigenvalue weighted by atomic mass is 32.2. The van der Waals surface area contributed by atoms with Gasteiger partial charge in [-0.2, -0.15) is 5.26 Å². The number of sulfonamides is 1. The number of carbonyl (C=O) groups is 2. The van der Waals surface area contributed by atoms with Crippen molar-refractivity contribution in [3.8, 4) is 11.8 Å². The van der Waals surface area contributed by atoms with Crippen LogP contribution in [0.3, 0.4) is 0 Å². The lowest BCUT2D eigenvalue weighted by Gasteiger charge is -2.07. The third-order valence-electron chi connectivity index (χ3n) is 4.96. The first kappa shape index (κ1) is 26.8. The zero-order valence-electron chi connectivity index (χ0n) is 19.1. The van der Waals surface area contributed by atoms with E-state index in [1.165, 1.54) is 43.2 Å². The summed E-state index contributed by atoms with van der Waals surface area (Å²) in [4.78, 5) is 24.3. The number of nitrogens with zero attached hydrogens (tertiary/aromatic N) is 1. The van der Waals surface area contributed by atoms with Crippen LogP contribution < -0.4 is 15.2 Å². The summed E-state index contributed by atoms with van der Waals surface area (Å²) < 4.78 is 28.1. The van der Waals surface area contributed by atoms with E-state index < -0.39 is 15.9 Å². The Morgan fingerprint density at radius 1 is 1.03 bits per heavy atom. The summed E-state index contributed by atoms with van der Waals surface area (Å²) in [6.07, 6.45) is 7.36. The van der Waals surface area contributed by atoms with Gasteiger partial charge in [0.1, 0.15) is 24.0 Å². The Kier molecular flexibility index (Phi) is 10.5. The minimum atomic E-state index is -3.84. The summed E-state index contributed by atoms with van der Waals surface area (Å²) in [6, 6.07) is 13.8. The van der Waals surface area contributed by atoms with E-state index in [-0.39, 0.29) is 22.9 Å². The van der Waals surface area contributed by atoms with Gasteiger partial charge in [-0.25, -0.2) is 13.6 Å². The number of amides is 1. The molecule has 0 aromatic heterocycles. The molecular formula is C25H29N3O5S. The molecule has 180 valence electrons. The van der Waals surface area contributed by atoms with Crippen LogP contribution in [0, 0.1) is 11.3 Å². The van der Waals surface area contributed by atoms with Crippen LogP contribution in [0.15, 0.2) is 59.0 Å². The molecule has 9 heteroatoms. The van der Waals surface area contributed by atoms with Crippen LogP contribution in [0.2, 0.25) is 0 Å². The van der Waals surface area contributed by atoms with Crippen LogP contribution in [0.5, 0.6) is 5.75 Å². The Hall–Kier alpha value is -3.48. The van der Waals surface area contributed by atoms with Gasteiger partial charge in [0.25, 0.3) is 5.91 Å². The predicted molar refractivity (Wildman–Crippen MR) is 130 cm³/mol. The van der Waals surface area contributed by atoms with Gasteiger partial charge in [0.15, 0.2) is 5.78 Å². The summed E-state index contributed by atoms with van der Waals surface area (Å²) in [7, 11) is -3.84. The molecular weight excluding hydrogens is 454 g/mol. The average Bonchev–Trinajstić information content (AvgIpc) is 2.81. The van der Waals surface area contributed by atoms with Crippen molar-refractivity contribution < 1.29 is 22.7 Å². The van der Waals surface area contributed by atoms with Crippen molar-refractivity contribution in [2.24, 2.45) is 5.14 Å². The molecule has 0 saturated heterocycles. The maximum atomic E-state index is 12.4. The van der Waals surface area contributed by atoms with E-state index >= 15 is 0 Å². The van der Waals surface area contributed by atoms with Crippen molar-refractivity contribution in [2.45, 2.75) is 50.3 Å². The number of benzene rings is 2.